The molecule has 0 spiro atoms. The maximum atomic E-state index is 2.52. The Morgan fingerprint density at radius 3 is 2.00 bits per heavy atom. The summed E-state index contributed by atoms with van der Waals surface area (Å²) in [5.74, 6) is 0. The van der Waals surface area contributed by atoms with Gasteiger partial charge in [-0.05, 0) is 37.6 Å². The summed E-state index contributed by atoms with van der Waals surface area (Å²) >= 11 is 0. The van der Waals surface area contributed by atoms with E-state index in [1.165, 1.54) is 77.2 Å². The Bertz CT molecular complexity index is 303. The van der Waals surface area contributed by atoms with Crippen LogP contribution in [-0.4, -0.2) is 17.5 Å². The SMILES string of the molecule is CCCCCCCCCCCCN1C=CC=C(CC)C1C. The van der Waals surface area contributed by atoms with E-state index >= 15 is 0 Å². The zero-order chi connectivity index (χ0) is 15.3. The molecule has 0 aromatic heterocycles. The summed E-state index contributed by atoms with van der Waals surface area (Å²) in [4.78, 5) is 2.52. The highest BCUT2D eigenvalue weighted by molar-refractivity contribution is 5.22. The highest BCUT2D eigenvalue weighted by Crippen LogP contribution is 2.19. The Balaban J connectivity index is 1.95. The summed E-state index contributed by atoms with van der Waals surface area (Å²) in [5, 5.41) is 0. The van der Waals surface area contributed by atoms with Crippen LogP contribution in [0.1, 0.15) is 91.4 Å². The lowest BCUT2D eigenvalue weighted by molar-refractivity contribution is 0.307. The molecule has 0 aromatic carbocycles. The van der Waals surface area contributed by atoms with Crippen LogP contribution >= 0.6 is 0 Å². The van der Waals surface area contributed by atoms with Gasteiger partial charge in [0.05, 0.1) is 0 Å². The van der Waals surface area contributed by atoms with Crippen LogP contribution in [0.4, 0.5) is 0 Å². The summed E-state index contributed by atoms with van der Waals surface area (Å²) in [7, 11) is 0. The second-order valence-corrected chi connectivity index (χ2v) is 6.53. The average Bonchev–Trinajstić information content (AvgIpc) is 2.50. The third kappa shape index (κ3) is 7.74. The molecule has 0 N–H and O–H groups in total. The fraction of sp³-hybridized carbons (Fsp3) is 0.800. The molecule has 0 amide bonds. The topological polar surface area (TPSA) is 3.24 Å². The largest absolute Gasteiger partial charge is 0.371 e. The Labute approximate surface area is 133 Å². The molecular formula is C20H37N. The van der Waals surface area contributed by atoms with Gasteiger partial charge in [0, 0.05) is 12.6 Å². The monoisotopic (exact) mass is 291 g/mol. The first-order chi connectivity index (χ1) is 10.3. The molecule has 1 heterocycles. The van der Waals surface area contributed by atoms with E-state index in [1.54, 1.807) is 5.57 Å². The first-order valence-electron chi connectivity index (χ1n) is 9.42. The molecule has 0 saturated carbocycles. The van der Waals surface area contributed by atoms with Crippen molar-refractivity contribution in [1.29, 1.82) is 0 Å². The number of unbranched alkanes of at least 4 members (excludes halogenated alkanes) is 9. The van der Waals surface area contributed by atoms with Crippen LogP contribution in [0, 0.1) is 0 Å². The van der Waals surface area contributed by atoms with Gasteiger partial charge in [0.2, 0.25) is 0 Å². The summed E-state index contributed by atoms with van der Waals surface area (Å²) in [6, 6.07) is 0.610. The van der Waals surface area contributed by atoms with Crippen LogP contribution in [0.5, 0.6) is 0 Å². The molecule has 1 aliphatic rings. The highest BCUT2D eigenvalue weighted by atomic mass is 15.1. The molecule has 0 saturated heterocycles. The first kappa shape index (κ1) is 18.3. The van der Waals surface area contributed by atoms with Crippen LogP contribution in [0.25, 0.3) is 0 Å². The molecule has 0 aliphatic carbocycles. The summed E-state index contributed by atoms with van der Waals surface area (Å²) in [6.45, 7) is 8.12. The average molecular weight is 292 g/mol. The predicted molar refractivity (Wildman–Crippen MR) is 95.5 cm³/mol. The van der Waals surface area contributed by atoms with Crippen molar-refractivity contribution in [2.45, 2.75) is 97.4 Å². The lowest BCUT2D eigenvalue weighted by Crippen LogP contribution is -2.32. The van der Waals surface area contributed by atoms with E-state index in [0.717, 1.165) is 0 Å². The number of rotatable bonds is 12. The van der Waals surface area contributed by atoms with Crippen molar-refractivity contribution in [2.75, 3.05) is 6.54 Å². The smallest absolute Gasteiger partial charge is 0.0471 e. The zero-order valence-electron chi connectivity index (χ0n) is 14.7. The van der Waals surface area contributed by atoms with Gasteiger partial charge in [0.25, 0.3) is 0 Å². The molecule has 1 rings (SSSR count). The van der Waals surface area contributed by atoms with Crippen molar-refractivity contribution >= 4 is 0 Å². The molecule has 1 heteroatoms. The fourth-order valence-electron chi connectivity index (χ4n) is 3.22. The first-order valence-corrected chi connectivity index (χ1v) is 9.42. The fourth-order valence-corrected chi connectivity index (χ4v) is 3.22. The normalized spacial score (nSPS) is 18.1. The number of hydrogen-bond donors (Lipinski definition) is 0. The van der Waals surface area contributed by atoms with Crippen LogP contribution in [0.2, 0.25) is 0 Å². The number of nitrogens with zero attached hydrogens (tertiary/aromatic N) is 1. The van der Waals surface area contributed by atoms with Gasteiger partial charge in [-0.1, -0.05) is 77.7 Å². The third-order valence-corrected chi connectivity index (χ3v) is 4.80. The van der Waals surface area contributed by atoms with E-state index in [9.17, 15) is 0 Å². The minimum absolute atomic E-state index is 0.610. The highest BCUT2D eigenvalue weighted by Gasteiger charge is 2.15. The van der Waals surface area contributed by atoms with Crippen LogP contribution < -0.4 is 0 Å². The van der Waals surface area contributed by atoms with Gasteiger partial charge in [0.15, 0.2) is 0 Å². The van der Waals surface area contributed by atoms with E-state index in [2.05, 4.69) is 44.0 Å². The molecule has 1 unspecified atom stereocenters. The maximum absolute atomic E-state index is 2.52. The van der Waals surface area contributed by atoms with Gasteiger partial charge in [-0.3, -0.25) is 0 Å². The molecule has 122 valence electrons. The predicted octanol–water partition coefficient (Wildman–Crippen LogP) is 6.46. The van der Waals surface area contributed by atoms with Gasteiger partial charge in [-0.25, -0.2) is 0 Å². The molecule has 21 heavy (non-hydrogen) atoms. The second-order valence-electron chi connectivity index (χ2n) is 6.53. The van der Waals surface area contributed by atoms with Crippen LogP contribution in [-0.2, 0) is 0 Å². The molecule has 0 radical (unpaired) electrons. The van der Waals surface area contributed by atoms with Crippen molar-refractivity contribution in [2.24, 2.45) is 0 Å². The van der Waals surface area contributed by atoms with E-state index in [4.69, 9.17) is 0 Å². The van der Waals surface area contributed by atoms with Crippen LogP contribution in [0.15, 0.2) is 23.9 Å². The summed E-state index contributed by atoms with van der Waals surface area (Å²) in [5.41, 5.74) is 1.57. The molecule has 0 aromatic rings. The Morgan fingerprint density at radius 2 is 1.43 bits per heavy atom. The zero-order valence-corrected chi connectivity index (χ0v) is 14.7. The standard InChI is InChI=1S/C20H37N/c1-4-6-7-8-9-10-11-12-13-14-17-21-18-15-16-20(5-2)19(21)3/h15-16,18-19H,4-14,17H2,1-3H3. The van der Waals surface area contributed by atoms with Gasteiger partial charge in [-0.2, -0.15) is 0 Å². The molecule has 1 aliphatic heterocycles. The Hall–Kier alpha value is -0.720. The van der Waals surface area contributed by atoms with Crippen molar-refractivity contribution in [3.05, 3.63) is 23.9 Å². The second kappa shape index (κ2) is 11.9. The Kier molecular flexibility index (Phi) is 10.4. The van der Waals surface area contributed by atoms with Gasteiger partial charge >= 0.3 is 0 Å². The number of hydrogen-bond acceptors (Lipinski definition) is 1. The number of allylic oxidation sites excluding steroid dienone is 2. The minimum Gasteiger partial charge on any atom is -0.371 e. The van der Waals surface area contributed by atoms with Crippen molar-refractivity contribution in [1.82, 2.24) is 4.90 Å². The molecule has 1 nitrogen and oxygen atoms in total. The van der Waals surface area contributed by atoms with Gasteiger partial charge in [0.1, 0.15) is 0 Å². The van der Waals surface area contributed by atoms with E-state index in [-0.39, 0.29) is 0 Å². The van der Waals surface area contributed by atoms with E-state index < -0.39 is 0 Å². The van der Waals surface area contributed by atoms with Crippen LogP contribution in [0.3, 0.4) is 0 Å². The molecule has 0 bridgehead atoms. The van der Waals surface area contributed by atoms with Crippen molar-refractivity contribution in [3.63, 3.8) is 0 Å². The summed E-state index contributed by atoms with van der Waals surface area (Å²) < 4.78 is 0. The van der Waals surface area contributed by atoms with Gasteiger partial charge in [-0.15, -0.1) is 0 Å². The molecular weight excluding hydrogens is 254 g/mol. The Morgan fingerprint density at radius 1 is 0.857 bits per heavy atom. The summed E-state index contributed by atoms with van der Waals surface area (Å²) in [6.07, 6.45) is 22.2. The quantitative estimate of drug-likeness (QED) is 0.373. The lowest BCUT2D eigenvalue weighted by Gasteiger charge is -2.32. The molecule has 0 fully saturated rings. The van der Waals surface area contributed by atoms with Gasteiger partial charge < -0.3 is 4.90 Å². The van der Waals surface area contributed by atoms with Crippen molar-refractivity contribution in [3.8, 4) is 0 Å². The lowest BCUT2D eigenvalue weighted by atomic mass is 10.0. The maximum Gasteiger partial charge on any atom is 0.0471 e. The third-order valence-electron chi connectivity index (χ3n) is 4.80. The molecule has 1 atom stereocenters. The van der Waals surface area contributed by atoms with E-state index in [0.29, 0.717) is 6.04 Å². The minimum atomic E-state index is 0.610. The van der Waals surface area contributed by atoms with E-state index in [1.807, 2.05) is 0 Å². The van der Waals surface area contributed by atoms with Crippen molar-refractivity contribution < 1.29 is 0 Å².